The molecule has 7 nitrogen and oxygen atoms in total. The molecule has 1 fully saturated rings. The van der Waals surface area contributed by atoms with Crippen LogP contribution in [0.3, 0.4) is 0 Å². The van der Waals surface area contributed by atoms with Crippen LogP contribution in [0.15, 0.2) is 30.2 Å². The summed E-state index contributed by atoms with van der Waals surface area (Å²) in [6, 6.07) is 3.70. The SMILES string of the molecule is CN1CCC(c2cnc(NCc3c(F)ccc4c3CCO4)n3cnnc23)=C2CCCCCCCC21. The van der Waals surface area contributed by atoms with E-state index in [4.69, 9.17) is 9.72 Å². The van der Waals surface area contributed by atoms with Gasteiger partial charge in [0.05, 0.1) is 6.61 Å². The molecule has 0 spiro atoms. The molecule has 35 heavy (non-hydrogen) atoms. The van der Waals surface area contributed by atoms with Gasteiger partial charge in [0.15, 0.2) is 5.65 Å². The Balaban J connectivity index is 1.34. The largest absolute Gasteiger partial charge is 0.493 e. The average molecular weight is 477 g/mol. The molecular weight excluding hydrogens is 443 g/mol. The predicted octanol–water partition coefficient (Wildman–Crippen LogP) is 5.01. The van der Waals surface area contributed by atoms with Crippen LogP contribution in [0.25, 0.3) is 11.2 Å². The summed E-state index contributed by atoms with van der Waals surface area (Å²) in [5.74, 6) is 1.18. The van der Waals surface area contributed by atoms with E-state index in [1.54, 1.807) is 18.0 Å². The molecule has 1 unspecified atom stereocenters. The van der Waals surface area contributed by atoms with E-state index in [1.807, 2.05) is 10.6 Å². The molecule has 8 heteroatoms. The molecule has 2 aromatic heterocycles. The average Bonchev–Trinajstić information content (AvgIpc) is 3.55. The molecule has 1 saturated carbocycles. The van der Waals surface area contributed by atoms with Crippen molar-refractivity contribution < 1.29 is 9.13 Å². The van der Waals surface area contributed by atoms with Crippen molar-refractivity contribution in [3.63, 3.8) is 0 Å². The maximum atomic E-state index is 14.6. The topological polar surface area (TPSA) is 67.6 Å². The van der Waals surface area contributed by atoms with Crippen molar-refractivity contribution >= 4 is 17.2 Å². The van der Waals surface area contributed by atoms with Crippen LogP contribution in [0, 0.1) is 5.82 Å². The minimum Gasteiger partial charge on any atom is -0.493 e. The van der Waals surface area contributed by atoms with E-state index in [0.29, 0.717) is 30.7 Å². The van der Waals surface area contributed by atoms with Crippen molar-refractivity contribution in [2.24, 2.45) is 0 Å². The van der Waals surface area contributed by atoms with Crippen molar-refractivity contribution in [1.82, 2.24) is 24.5 Å². The summed E-state index contributed by atoms with van der Waals surface area (Å²) < 4.78 is 22.2. The number of ether oxygens (including phenoxy) is 1. The second-order valence-corrected chi connectivity index (χ2v) is 10.0. The summed E-state index contributed by atoms with van der Waals surface area (Å²) in [7, 11) is 2.27. The number of aromatic nitrogens is 4. The maximum absolute atomic E-state index is 14.6. The molecule has 3 aliphatic rings. The highest BCUT2D eigenvalue weighted by atomic mass is 19.1. The van der Waals surface area contributed by atoms with Crippen LogP contribution in [0.2, 0.25) is 0 Å². The van der Waals surface area contributed by atoms with Crippen LogP contribution < -0.4 is 10.1 Å². The fourth-order valence-electron chi connectivity index (χ4n) is 6.11. The maximum Gasteiger partial charge on any atom is 0.210 e. The molecule has 1 aromatic carbocycles. The van der Waals surface area contributed by atoms with Gasteiger partial charge in [-0.05, 0) is 56.0 Å². The zero-order valence-corrected chi connectivity index (χ0v) is 20.4. The lowest BCUT2D eigenvalue weighted by atomic mass is 9.85. The van der Waals surface area contributed by atoms with Gasteiger partial charge in [0, 0.05) is 48.4 Å². The Hall–Kier alpha value is -3.00. The minimum atomic E-state index is -0.220. The second-order valence-electron chi connectivity index (χ2n) is 10.0. The van der Waals surface area contributed by atoms with Crippen molar-refractivity contribution in [2.75, 3.05) is 25.5 Å². The van der Waals surface area contributed by atoms with E-state index >= 15 is 0 Å². The van der Waals surface area contributed by atoms with Crippen LogP contribution in [-0.4, -0.2) is 50.7 Å². The standard InChI is InChI=1S/C27H33FN6O/c1-33-13-11-18(19-7-5-3-2-4-6-8-24(19)33)22-16-30-27(34-17-31-32-26(22)34)29-15-21-20-12-14-35-25(20)10-9-23(21)28/h9-10,16-17,24H,2-8,11-15H2,1H3,(H,29,30). The summed E-state index contributed by atoms with van der Waals surface area (Å²) in [5, 5.41) is 12.0. The van der Waals surface area contributed by atoms with Crippen LogP contribution >= 0.6 is 0 Å². The zero-order chi connectivity index (χ0) is 23.8. The van der Waals surface area contributed by atoms with Gasteiger partial charge in [0.1, 0.15) is 17.9 Å². The Bertz CT molecular complexity index is 1270. The van der Waals surface area contributed by atoms with E-state index in [-0.39, 0.29) is 5.82 Å². The predicted molar refractivity (Wildman–Crippen MR) is 134 cm³/mol. The summed E-state index contributed by atoms with van der Waals surface area (Å²) in [4.78, 5) is 7.31. The van der Waals surface area contributed by atoms with Gasteiger partial charge in [0.25, 0.3) is 0 Å². The van der Waals surface area contributed by atoms with Gasteiger partial charge < -0.3 is 10.1 Å². The molecule has 184 valence electrons. The van der Waals surface area contributed by atoms with Crippen molar-refractivity contribution in [3.05, 3.63) is 52.7 Å². The number of halogens is 1. The van der Waals surface area contributed by atoms with Crippen LogP contribution in [-0.2, 0) is 13.0 Å². The lowest BCUT2D eigenvalue weighted by Gasteiger charge is -2.37. The number of anilines is 1. The van der Waals surface area contributed by atoms with E-state index in [1.165, 1.54) is 50.2 Å². The van der Waals surface area contributed by atoms with E-state index in [9.17, 15) is 4.39 Å². The molecular formula is C27H33FN6O. The first kappa shape index (κ1) is 22.5. The van der Waals surface area contributed by atoms with E-state index in [2.05, 4.69) is 27.5 Å². The van der Waals surface area contributed by atoms with Gasteiger partial charge >= 0.3 is 0 Å². The highest BCUT2D eigenvalue weighted by molar-refractivity contribution is 5.79. The fraction of sp³-hybridized carbons (Fsp3) is 0.519. The lowest BCUT2D eigenvalue weighted by Crippen LogP contribution is -2.38. The number of likely N-dealkylation sites (N-methyl/N-ethyl adjacent to an activating group) is 1. The Morgan fingerprint density at radius 1 is 1.11 bits per heavy atom. The first-order valence-electron chi connectivity index (χ1n) is 13.0. The van der Waals surface area contributed by atoms with Gasteiger partial charge in [0.2, 0.25) is 5.95 Å². The highest BCUT2D eigenvalue weighted by Crippen LogP contribution is 2.38. The third-order valence-corrected chi connectivity index (χ3v) is 7.98. The van der Waals surface area contributed by atoms with Crippen LogP contribution in [0.4, 0.5) is 10.3 Å². The summed E-state index contributed by atoms with van der Waals surface area (Å²) in [5.41, 5.74) is 6.45. The van der Waals surface area contributed by atoms with Gasteiger partial charge in [-0.2, -0.15) is 0 Å². The Labute approximate surface area is 205 Å². The molecule has 0 bridgehead atoms. The van der Waals surface area contributed by atoms with Crippen molar-refractivity contribution in [3.8, 4) is 5.75 Å². The van der Waals surface area contributed by atoms with Gasteiger partial charge in [-0.25, -0.2) is 9.37 Å². The third kappa shape index (κ3) is 4.18. The highest BCUT2D eigenvalue weighted by Gasteiger charge is 2.29. The van der Waals surface area contributed by atoms with Crippen LogP contribution in [0.1, 0.15) is 68.1 Å². The van der Waals surface area contributed by atoms with Crippen molar-refractivity contribution in [2.45, 2.75) is 70.4 Å². The minimum absolute atomic E-state index is 0.220. The number of rotatable bonds is 4. The molecule has 1 atom stereocenters. The van der Waals surface area contributed by atoms with E-state index in [0.717, 1.165) is 48.3 Å². The molecule has 1 aliphatic carbocycles. The Kier molecular flexibility index (Phi) is 6.14. The zero-order valence-electron chi connectivity index (χ0n) is 20.4. The fourth-order valence-corrected chi connectivity index (χ4v) is 6.11. The number of nitrogens with one attached hydrogen (secondary N) is 1. The Morgan fingerprint density at radius 3 is 2.94 bits per heavy atom. The number of fused-ring (bicyclic) bond motifs is 3. The first-order chi connectivity index (χ1) is 17.2. The van der Waals surface area contributed by atoms with E-state index < -0.39 is 0 Å². The van der Waals surface area contributed by atoms with Gasteiger partial charge in [-0.15, -0.1) is 10.2 Å². The normalized spacial score (nSPS) is 21.1. The van der Waals surface area contributed by atoms with Gasteiger partial charge in [-0.3, -0.25) is 9.30 Å². The quantitative estimate of drug-likeness (QED) is 0.571. The van der Waals surface area contributed by atoms with Gasteiger partial charge in [-0.1, -0.05) is 25.7 Å². The van der Waals surface area contributed by atoms with Crippen LogP contribution in [0.5, 0.6) is 5.75 Å². The smallest absolute Gasteiger partial charge is 0.210 e. The number of hydrogen-bond donors (Lipinski definition) is 1. The monoisotopic (exact) mass is 476 g/mol. The molecule has 0 saturated heterocycles. The first-order valence-corrected chi connectivity index (χ1v) is 13.0. The molecule has 0 amide bonds. The lowest BCUT2D eigenvalue weighted by molar-refractivity contribution is 0.247. The molecule has 4 heterocycles. The summed E-state index contributed by atoms with van der Waals surface area (Å²) in [6.07, 6.45) is 14.3. The molecule has 2 aliphatic heterocycles. The molecule has 0 radical (unpaired) electrons. The molecule has 1 N–H and O–H groups in total. The number of benzene rings is 1. The second kappa shape index (κ2) is 9.57. The summed E-state index contributed by atoms with van der Waals surface area (Å²) >= 11 is 0. The summed E-state index contributed by atoms with van der Waals surface area (Å²) in [6.45, 7) is 1.98. The molecule has 6 rings (SSSR count). The number of nitrogens with zero attached hydrogens (tertiary/aromatic N) is 5. The van der Waals surface area contributed by atoms with Crippen molar-refractivity contribution in [1.29, 1.82) is 0 Å². The molecule has 3 aromatic rings. The third-order valence-electron chi connectivity index (χ3n) is 7.98. The number of hydrogen-bond acceptors (Lipinski definition) is 6. The Morgan fingerprint density at radius 2 is 2.00 bits per heavy atom.